The maximum Gasteiger partial charge on any atom is 0.165 e. The van der Waals surface area contributed by atoms with Gasteiger partial charge >= 0.3 is 0 Å². The van der Waals surface area contributed by atoms with E-state index in [4.69, 9.17) is 15.7 Å². The first-order chi connectivity index (χ1) is 16.3. The molecule has 170 valence electrons. The van der Waals surface area contributed by atoms with E-state index in [1.807, 2.05) is 30.5 Å². The number of nitrogens with two attached hydrogens (primary N) is 1. The number of rotatable bonds is 3. The van der Waals surface area contributed by atoms with Gasteiger partial charge in [-0.25, -0.2) is 9.97 Å². The van der Waals surface area contributed by atoms with Gasteiger partial charge in [0, 0.05) is 28.1 Å². The van der Waals surface area contributed by atoms with Gasteiger partial charge in [0.05, 0.1) is 23.2 Å². The Kier molecular flexibility index (Phi) is 4.59. The normalized spacial score (nSPS) is 20.1. The molecule has 3 N–H and O–H groups in total. The Morgan fingerprint density at radius 3 is 2.32 bits per heavy atom. The second-order valence-electron chi connectivity index (χ2n) is 9.57. The number of fused-ring (bicyclic) bond motifs is 3. The molecule has 0 amide bonds. The molecule has 6 heteroatoms. The molecular formula is C28H27N5O. The highest BCUT2D eigenvalue weighted by molar-refractivity contribution is 5.96. The summed E-state index contributed by atoms with van der Waals surface area (Å²) in [6.07, 6.45) is 0.881. The molecule has 0 spiro atoms. The minimum Gasteiger partial charge on any atom is -0.393 e. The molecule has 0 saturated heterocycles. The number of hydrogen-bond acceptors (Lipinski definition) is 5. The molecule has 3 heterocycles. The Morgan fingerprint density at radius 2 is 1.65 bits per heavy atom. The lowest BCUT2D eigenvalue weighted by atomic mass is 9.70. The van der Waals surface area contributed by atoms with Crippen molar-refractivity contribution < 1.29 is 5.11 Å². The molecule has 6 rings (SSSR count). The summed E-state index contributed by atoms with van der Waals surface area (Å²) in [5.74, 6) is 0. The minimum atomic E-state index is -0.450. The maximum absolute atomic E-state index is 9.78. The zero-order valence-corrected chi connectivity index (χ0v) is 19.6. The number of nitrogens with zero attached hydrogens (tertiary/aromatic N) is 4. The lowest BCUT2D eigenvalue weighted by molar-refractivity contribution is 0.0209. The van der Waals surface area contributed by atoms with E-state index in [0.717, 1.165) is 61.6 Å². The van der Waals surface area contributed by atoms with Crippen LogP contribution in [0.1, 0.15) is 35.4 Å². The Bertz CT molecular complexity index is 1550. The quantitative estimate of drug-likeness (QED) is 0.411. The van der Waals surface area contributed by atoms with Crippen molar-refractivity contribution in [1.82, 2.24) is 19.6 Å². The number of benzene rings is 2. The monoisotopic (exact) mass is 449 g/mol. The smallest absolute Gasteiger partial charge is 0.165 e. The van der Waals surface area contributed by atoms with Gasteiger partial charge in [-0.1, -0.05) is 54.6 Å². The van der Waals surface area contributed by atoms with Crippen molar-refractivity contribution >= 4 is 16.7 Å². The molecule has 34 heavy (non-hydrogen) atoms. The third kappa shape index (κ3) is 3.14. The predicted molar refractivity (Wildman–Crippen MR) is 134 cm³/mol. The van der Waals surface area contributed by atoms with E-state index in [1.54, 1.807) is 0 Å². The van der Waals surface area contributed by atoms with Crippen molar-refractivity contribution in [2.45, 2.75) is 45.3 Å². The summed E-state index contributed by atoms with van der Waals surface area (Å²) < 4.78 is 1.85. The minimum absolute atomic E-state index is 0.309. The van der Waals surface area contributed by atoms with E-state index in [1.165, 1.54) is 0 Å². The van der Waals surface area contributed by atoms with Crippen molar-refractivity contribution in [1.29, 1.82) is 0 Å². The third-order valence-corrected chi connectivity index (χ3v) is 7.08. The van der Waals surface area contributed by atoms with E-state index in [9.17, 15) is 5.11 Å². The second-order valence-corrected chi connectivity index (χ2v) is 9.57. The SMILES string of the molecule is Cc1cc2nc(C)c3c(C)c(-c4ccccc4)c(-c4ccc(C5(N)CC(O)C5)cc4)nc3n2n1. The standard InChI is InChI=1S/C28H27N5O/c1-16-13-23-30-18(3)24-17(2)25(19-7-5-4-6-8-19)26(31-27(24)33(23)32-16)20-9-11-21(12-10-20)28(29)14-22(34)15-28/h4-13,22,34H,14-15,29H2,1-3H3. The van der Waals surface area contributed by atoms with Crippen LogP contribution in [-0.2, 0) is 5.54 Å². The molecule has 1 aliphatic rings. The fourth-order valence-electron chi connectivity index (χ4n) is 5.37. The third-order valence-electron chi connectivity index (χ3n) is 7.08. The summed E-state index contributed by atoms with van der Waals surface area (Å²) >= 11 is 0. The zero-order valence-electron chi connectivity index (χ0n) is 19.6. The topological polar surface area (TPSA) is 89.3 Å². The van der Waals surface area contributed by atoms with E-state index in [0.29, 0.717) is 12.8 Å². The zero-order chi connectivity index (χ0) is 23.6. The van der Waals surface area contributed by atoms with E-state index < -0.39 is 5.54 Å². The Balaban J connectivity index is 1.63. The van der Waals surface area contributed by atoms with Crippen LogP contribution in [0.2, 0.25) is 0 Å². The van der Waals surface area contributed by atoms with Gasteiger partial charge in [0.25, 0.3) is 0 Å². The average molecular weight is 450 g/mol. The van der Waals surface area contributed by atoms with Crippen LogP contribution >= 0.6 is 0 Å². The number of hydrogen-bond donors (Lipinski definition) is 2. The Hall–Kier alpha value is -3.61. The average Bonchev–Trinajstić information content (AvgIpc) is 3.18. The van der Waals surface area contributed by atoms with Gasteiger partial charge in [-0.3, -0.25) is 0 Å². The van der Waals surface area contributed by atoms with Crippen LogP contribution in [-0.4, -0.2) is 30.8 Å². The summed E-state index contributed by atoms with van der Waals surface area (Å²) in [6.45, 7) is 6.16. The fraction of sp³-hybridized carbons (Fsp3) is 0.250. The fourth-order valence-corrected chi connectivity index (χ4v) is 5.37. The van der Waals surface area contributed by atoms with Gasteiger partial charge in [-0.15, -0.1) is 0 Å². The lowest BCUT2D eigenvalue weighted by Crippen LogP contribution is -2.51. The molecule has 5 aromatic rings. The largest absolute Gasteiger partial charge is 0.393 e. The first kappa shape index (κ1) is 21.0. The summed E-state index contributed by atoms with van der Waals surface area (Å²) in [6, 6.07) is 20.7. The molecule has 1 saturated carbocycles. The lowest BCUT2D eigenvalue weighted by Gasteiger charge is -2.42. The summed E-state index contributed by atoms with van der Waals surface area (Å²) in [5, 5.41) is 15.5. The highest BCUT2D eigenvalue weighted by Crippen LogP contribution is 2.41. The summed E-state index contributed by atoms with van der Waals surface area (Å²) in [7, 11) is 0. The maximum atomic E-state index is 9.78. The van der Waals surface area contributed by atoms with Gasteiger partial charge < -0.3 is 10.8 Å². The van der Waals surface area contributed by atoms with Crippen molar-refractivity contribution in [2.24, 2.45) is 5.73 Å². The van der Waals surface area contributed by atoms with Crippen LogP contribution in [0.5, 0.6) is 0 Å². The number of aromatic nitrogens is 4. The van der Waals surface area contributed by atoms with Crippen molar-refractivity contribution in [2.75, 3.05) is 0 Å². The van der Waals surface area contributed by atoms with Crippen molar-refractivity contribution in [3.63, 3.8) is 0 Å². The van der Waals surface area contributed by atoms with E-state index in [-0.39, 0.29) is 6.10 Å². The van der Waals surface area contributed by atoms with E-state index >= 15 is 0 Å². The summed E-state index contributed by atoms with van der Waals surface area (Å²) in [4.78, 5) is 10.0. The summed E-state index contributed by atoms with van der Waals surface area (Å²) in [5.41, 5.74) is 15.8. The van der Waals surface area contributed by atoms with Crippen molar-refractivity contribution in [3.05, 3.63) is 83.2 Å². The van der Waals surface area contributed by atoms with Crippen LogP contribution in [0.15, 0.2) is 60.7 Å². The van der Waals surface area contributed by atoms with Crippen LogP contribution in [0.25, 0.3) is 39.1 Å². The number of aryl methyl sites for hydroxylation is 3. The molecular weight excluding hydrogens is 422 g/mol. The first-order valence-electron chi connectivity index (χ1n) is 11.6. The highest BCUT2D eigenvalue weighted by Gasteiger charge is 2.41. The van der Waals surface area contributed by atoms with Crippen LogP contribution in [0.4, 0.5) is 0 Å². The number of aliphatic hydroxyl groups excluding tert-OH is 1. The number of pyridine rings is 1. The van der Waals surface area contributed by atoms with Crippen LogP contribution in [0.3, 0.4) is 0 Å². The Labute approximate surface area is 198 Å². The predicted octanol–water partition coefficient (Wildman–Crippen LogP) is 4.85. The van der Waals surface area contributed by atoms with Gasteiger partial charge in [-0.05, 0) is 50.3 Å². The van der Waals surface area contributed by atoms with Gasteiger partial charge in [0.15, 0.2) is 11.3 Å². The molecule has 6 nitrogen and oxygen atoms in total. The van der Waals surface area contributed by atoms with Crippen LogP contribution in [0, 0.1) is 20.8 Å². The molecule has 1 aliphatic carbocycles. The molecule has 0 aliphatic heterocycles. The molecule has 3 aromatic heterocycles. The van der Waals surface area contributed by atoms with Gasteiger partial charge in [0.2, 0.25) is 0 Å². The number of aliphatic hydroxyl groups is 1. The van der Waals surface area contributed by atoms with Gasteiger partial charge in [0.1, 0.15) is 0 Å². The van der Waals surface area contributed by atoms with Gasteiger partial charge in [-0.2, -0.15) is 9.61 Å². The molecule has 2 aromatic carbocycles. The second kappa shape index (κ2) is 7.45. The van der Waals surface area contributed by atoms with E-state index in [2.05, 4.69) is 60.6 Å². The molecule has 0 atom stereocenters. The highest BCUT2D eigenvalue weighted by atomic mass is 16.3. The molecule has 0 bridgehead atoms. The molecule has 0 unspecified atom stereocenters. The van der Waals surface area contributed by atoms with Crippen LogP contribution < -0.4 is 5.73 Å². The first-order valence-corrected chi connectivity index (χ1v) is 11.6. The van der Waals surface area contributed by atoms with Crippen molar-refractivity contribution in [3.8, 4) is 22.4 Å². The molecule has 0 radical (unpaired) electrons. The molecule has 1 fully saturated rings. The Morgan fingerprint density at radius 1 is 0.941 bits per heavy atom.